The molecule has 3 aliphatic rings. The maximum atomic E-state index is 9.50. The molecular weight excluding hydrogens is 360 g/mol. The molecular formula is C23H36N6. The van der Waals surface area contributed by atoms with Crippen molar-refractivity contribution in [3.63, 3.8) is 0 Å². The van der Waals surface area contributed by atoms with E-state index in [2.05, 4.69) is 50.8 Å². The minimum atomic E-state index is 0.273. The minimum absolute atomic E-state index is 0.273. The number of piperidine rings is 1. The Labute approximate surface area is 176 Å². The molecule has 0 aromatic rings. The molecule has 0 bridgehead atoms. The van der Waals surface area contributed by atoms with Crippen LogP contribution in [0.2, 0.25) is 0 Å². The highest BCUT2D eigenvalue weighted by atomic mass is 15.4. The summed E-state index contributed by atoms with van der Waals surface area (Å²) in [6.45, 7) is 12.8. The van der Waals surface area contributed by atoms with E-state index in [1.165, 1.54) is 25.9 Å². The van der Waals surface area contributed by atoms with Gasteiger partial charge in [0, 0.05) is 52.4 Å². The molecule has 3 rings (SSSR count). The fourth-order valence-corrected chi connectivity index (χ4v) is 4.88. The second kappa shape index (κ2) is 11.2. The molecule has 0 aromatic carbocycles. The van der Waals surface area contributed by atoms with Gasteiger partial charge in [0.1, 0.15) is 18.0 Å². The van der Waals surface area contributed by atoms with E-state index >= 15 is 0 Å². The predicted molar refractivity (Wildman–Crippen MR) is 116 cm³/mol. The SMILES string of the molecule is CC1CCCN(CCCN2CCN(CCCN3CC=CCC3)C2=C(C#N)C#N)C1. The summed E-state index contributed by atoms with van der Waals surface area (Å²) in [5.74, 6) is 1.68. The van der Waals surface area contributed by atoms with E-state index < -0.39 is 0 Å². The van der Waals surface area contributed by atoms with Gasteiger partial charge in [0.15, 0.2) is 5.57 Å². The molecule has 2 fully saturated rings. The molecule has 1 unspecified atom stereocenters. The van der Waals surface area contributed by atoms with Crippen LogP contribution in [0.3, 0.4) is 0 Å². The fourth-order valence-electron chi connectivity index (χ4n) is 4.88. The average Bonchev–Trinajstić information content (AvgIpc) is 3.13. The summed E-state index contributed by atoms with van der Waals surface area (Å²) in [6, 6.07) is 4.29. The number of hydrogen-bond acceptors (Lipinski definition) is 6. The van der Waals surface area contributed by atoms with Crippen LogP contribution in [0.5, 0.6) is 0 Å². The summed E-state index contributed by atoms with van der Waals surface area (Å²) in [6.07, 6.45) is 10.5. The molecule has 3 aliphatic heterocycles. The van der Waals surface area contributed by atoms with Gasteiger partial charge in [-0.2, -0.15) is 10.5 Å². The third-order valence-electron chi connectivity index (χ3n) is 6.37. The summed E-state index contributed by atoms with van der Waals surface area (Å²) >= 11 is 0. The number of allylic oxidation sites excluding steroid dienone is 1. The van der Waals surface area contributed by atoms with Crippen LogP contribution < -0.4 is 0 Å². The van der Waals surface area contributed by atoms with Gasteiger partial charge in [0.05, 0.1) is 0 Å². The Balaban J connectivity index is 1.51. The molecule has 0 saturated carbocycles. The Morgan fingerprint density at radius 3 is 2.21 bits per heavy atom. The molecule has 6 heteroatoms. The van der Waals surface area contributed by atoms with E-state index in [-0.39, 0.29) is 5.57 Å². The van der Waals surface area contributed by atoms with Crippen molar-refractivity contribution in [2.45, 2.75) is 39.0 Å². The molecule has 0 radical (unpaired) electrons. The molecule has 29 heavy (non-hydrogen) atoms. The van der Waals surface area contributed by atoms with Crippen molar-refractivity contribution in [2.24, 2.45) is 5.92 Å². The van der Waals surface area contributed by atoms with Crippen molar-refractivity contribution in [3.8, 4) is 12.1 Å². The predicted octanol–water partition coefficient (Wildman–Crippen LogP) is 2.64. The molecule has 0 aliphatic carbocycles. The van der Waals surface area contributed by atoms with Crippen LogP contribution in [0, 0.1) is 28.6 Å². The highest BCUT2D eigenvalue weighted by Crippen LogP contribution is 2.23. The standard InChI is InChI=1S/C23H36N6/c1-21-8-5-11-27(20-21)13-7-15-29-17-16-28(23(29)22(18-24)19-25)14-6-12-26-9-3-2-4-10-26/h2-3,21H,4-17,20H2,1H3. The van der Waals surface area contributed by atoms with Gasteiger partial charge in [0.25, 0.3) is 0 Å². The van der Waals surface area contributed by atoms with Crippen LogP contribution in [0.15, 0.2) is 23.5 Å². The summed E-state index contributed by atoms with van der Waals surface area (Å²) in [4.78, 5) is 9.60. The van der Waals surface area contributed by atoms with Gasteiger partial charge in [0.2, 0.25) is 0 Å². The van der Waals surface area contributed by atoms with Crippen molar-refractivity contribution in [1.29, 1.82) is 10.5 Å². The van der Waals surface area contributed by atoms with Gasteiger partial charge in [-0.3, -0.25) is 4.90 Å². The molecule has 0 amide bonds. The summed E-state index contributed by atoms with van der Waals surface area (Å²) < 4.78 is 0. The zero-order valence-corrected chi connectivity index (χ0v) is 18.0. The van der Waals surface area contributed by atoms with Crippen molar-refractivity contribution in [2.75, 3.05) is 65.4 Å². The van der Waals surface area contributed by atoms with Gasteiger partial charge < -0.3 is 14.7 Å². The maximum Gasteiger partial charge on any atom is 0.169 e. The highest BCUT2D eigenvalue weighted by molar-refractivity contribution is 5.40. The lowest BCUT2D eigenvalue weighted by Crippen LogP contribution is -2.36. The first kappa shape index (κ1) is 21.7. The van der Waals surface area contributed by atoms with Crippen LogP contribution in [-0.4, -0.2) is 85.0 Å². The van der Waals surface area contributed by atoms with E-state index in [1.807, 2.05) is 0 Å². The van der Waals surface area contributed by atoms with Crippen molar-refractivity contribution >= 4 is 0 Å². The zero-order chi connectivity index (χ0) is 20.5. The Morgan fingerprint density at radius 2 is 1.62 bits per heavy atom. The summed E-state index contributed by atoms with van der Waals surface area (Å²) in [7, 11) is 0. The number of likely N-dealkylation sites (tertiary alicyclic amines) is 1. The molecule has 2 saturated heterocycles. The van der Waals surface area contributed by atoms with Crippen LogP contribution in [0.25, 0.3) is 0 Å². The molecule has 0 N–H and O–H groups in total. The fraction of sp³-hybridized carbons (Fsp3) is 0.739. The van der Waals surface area contributed by atoms with E-state index in [0.29, 0.717) is 0 Å². The van der Waals surface area contributed by atoms with Crippen LogP contribution in [-0.2, 0) is 0 Å². The summed E-state index contributed by atoms with van der Waals surface area (Å²) in [5, 5.41) is 19.0. The first-order valence-corrected chi connectivity index (χ1v) is 11.4. The highest BCUT2D eigenvalue weighted by Gasteiger charge is 2.28. The Bertz CT molecular complexity index is 654. The van der Waals surface area contributed by atoms with Gasteiger partial charge in [-0.15, -0.1) is 0 Å². The largest absolute Gasteiger partial charge is 0.355 e. The van der Waals surface area contributed by atoms with E-state index in [4.69, 9.17) is 0 Å². The minimum Gasteiger partial charge on any atom is -0.355 e. The zero-order valence-electron chi connectivity index (χ0n) is 18.0. The van der Waals surface area contributed by atoms with Crippen molar-refractivity contribution in [1.82, 2.24) is 19.6 Å². The third-order valence-corrected chi connectivity index (χ3v) is 6.37. The average molecular weight is 397 g/mol. The molecule has 0 spiro atoms. The maximum absolute atomic E-state index is 9.50. The number of hydrogen-bond donors (Lipinski definition) is 0. The second-order valence-electron chi connectivity index (χ2n) is 8.71. The first-order valence-electron chi connectivity index (χ1n) is 11.4. The van der Waals surface area contributed by atoms with Crippen LogP contribution in [0.4, 0.5) is 0 Å². The molecule has 0 aromatic heterocycles. The van der Waals surface area contributed by atoms with E-state index in [9.17, 15) is 10.5 Å². The monoisotopic (exact) mass is 396 g/mol. The van der Waals surface area contributed by atoms with Crippen molar-refractivity contribution < 1.29 is 0 Å². The second-order valence-corrected chi connectivity index (χ2v) is 8.71. The normalized spacial score (nSPS) is 23.3. The number of rotatable bonds is 8. The van der Waals surface area contributed by atoms with Crippen LogP contribution >= 0.6 is 0 Å². The first-order chi connectivity index (χ1) is 14.2. The Hall–Kier alpha value is -2.02. The van der Waals surface area contributed by atoms with Crippen LogP contribution in [0.1, 0.15) is 39.0 Å². The van der Waals surface area contributed by atoms with Gasteiger partial charge in [-0.25, -0.2) is 0 Å². The summed E-state index contributed by atoms with van der Waals surface area (Å²) in [5.41, 5.74) is 0.273. The van der Waals surface area contributed by atoms with Crippen molar-refractivity contribution in [3.05, 3.63) is 23.5 Å². The lowest BCUT2D eigenvalue weighted by Gasteiger charge is -2.31. The van der Waals surface area contributed by atoms with Gasteiger partial charge in [-0.1, -0.05) is 19.1 Å². The molecule has 1 atom stereocenters. The van der Waals surface area contributed by atoms with Gasteiger partial charge in [-0.05, 0) is 51.1 Å². The lowest BCUT2D eigenvalue weighted by atomic mass is 10.0. The van der Waals surface area contributed by atoms with Gasteiger partial charge >= 0.3 is 0 Å². The topological polar surface area (TPSA) is 60.5 Å². The van der Waals surface area contributed by atoms with E-state index in [1.54, 1.807) is 0 Å². The smallest absolute Gasteiger partial charge is 0.169 e. The molecule has 3 heterocycles. The quantitative estimate of drug-likeness (QED) is 0.464. The number of nitrogens with zero attached hydrogens (tertiary/aromatic N) is 6. The third kappa shape index (κ3) is 6.23. The molecule has 6 nitrogen and oxygen atoms in total. The van der Waals surface area contributed by atoms with E-state index in [0.717, 1.165) is 83.4 Å². The Morgan fingerprint density at radius 1 is 0.931 bits per heavy atom. The molecule has 158 valence electrons. The number of nitriles is 2. The Kier molecular flexibility index (Phi) is 8.40. The lowest BCUT2D eigenvalue weighted by molar-refractivity contribution is 0.175.